The molecule has 1 N–H and O–H groups in total. The summed E-state index contributed by atoms with van der Waals surface area (Å²) in [4.78, 5) is 10.1. The lowest BCUT2D eigenvalue weighted by Gasteiger charge is -1.91. The smallest absolute Gasteiger partial charge is 0.303 e. The zero-order valence-electron chi connectivity index (χ0n) is 7.49. The van der Waals surface area contributed by atoms with Gasteiger partial charge in [0.1, 0.15) is 0 Å². The van der Waals surface area contributed by atoms with E-state index < -0.39 is 5.97 Å². The Kier molecular flexibility index (Phi) is 7.35. The fourth-order valence-electron chi connectivity index (χ4n) is 0.824. The summed E-state index contributed by atoms with van der Waals surface area (Å²) < 4.78 is 0. The molecule has 0 bridgehead atoms. The van der Waals surface area contributed by atoms with Crippen LogP contribution in [-0.2, 0) is 4.79 Å². The zero-order chi connectivity index (χ0) is 9.23. The number of aliphatic carboxylic acids is 1. The Morgan fingerprint density at radius 2 is 2.08 bits per heavy atom. The number of hydrogen-bond donors (Lipinski definition) is 1. The monoisotopic (exact) mass is 168 g/mol. The minimum absolute atomic E-state index is 0.289. The van der Waals surface area contributed by atoms with Crippen molar-refractivity contribution in [3.05, 3.63) is 24.3 Å². The molecule has 0 amide bonds. The van der Waals surface area contributed by atoms with Crippen molar-refractivity contribution in [3.8, 4) is 0 Å². The van der Waals surface area contributed by atoms with Crippen LogP contribution in [0, 0.1) is 0 Å². The van der Waals surface area contributed by atoms with Crippen LogP contribution in [0.1, 0.15) is 32.6 Å². The number of rotatable bonds is 6. The van der Waals surface area contributed by atoms with Gasteiger partial charge in [0.25, 0.3) is 0 Å². The third-order valence-electron chi connectivity index (χ3n) is 1.45. The van der Waals surface area contributed by atoms with E-state index in [-0.39, 0.29) is 6.42 Å². The van der Waals surface area contributed by atoms with Crippen molar-refractivity contribution < 1.29 is 9.90 Å². The Labute approximate surface area is 73.6 Å². The Morgan fingerprint density at radius 3 is 2.67 bits per heavy atom. The van der Waals surface area contributed by atoms with Gasteiger partial charge in [0.05, 0.1) is 0 Å². The standard InChI is InChI=1S/C10H16O2/c1-2-3-4-5-6-7-8-9-10(11)12/h2-5H,6-9H2,1H3,(H,11,12)/b3-2+,5-4+. The Morgan fingerprint density at radius 1 is 1.33 bits per heavy atom. The van der Waals surface area contributed by atoms with Crippen molar-refractivity contribution in [2.24, 2.45) is 0 Å². The van der Waals surface area contributed by atoms with E-state index in [1.807, 2.05) is 25.2 Å². The van der Waals surface area contributed by atoms with Crippen LogP contribution in [0.2, 0.25) is 0 Å². The lowest BCUT2D eigenvalue weighted by Crippen LogP contribution is -1.92. The number of carboxylic acid groups (broad SMARTS) is 1. The summed E-state index contributed by atoms with van der Waals surface area (Å²) in [6.07, 6.45) is 11.0. The first-order valence-corrected chi connectivity index (χ1v) is 4.27. The van der Waals surface area contributed by atoms with Crippen LogP contribution in [-0.4, -0.2) is 11.1 Å². The van der Waals surface area contributed by atoms with E-state index in [9.17, 15) is 4.79 Å². The highest BCUT2D eigenvalue weighted by molar-refractivity contribution is 5.66. The summed E-state index contributed by atoms with van der Waals surface area (Å²) in [5.41, 5.74) is 0. The molecule has 0 aliphatic heterocycles. The summed E-state index contributed by atoms with van der Waals surface area (Å²) in [5, 5.41) is 8.33. The van der Waals surface area contributed by atoms with Crippen molar-refractivity contribution in [1.29, 1.82) is 0 Å². The minimum atomic E-state index is -0.701. The van der Waals surface area contributed by atoms with E-state index in [4.69, 9.17) is 5.11 Å². The quantitative estimate of drug-likeness (QED) is 0.489. The van der Waals surface area contributed by atoms with Crippen LogP contribution in [0.15, 0.2) is 24.3 Å². The lowest BCUT2D eigenvalue weighted by atomic mass is 10.2. The molecule has 0 fully saturated rings. The van der Waals surface area contributed by atoms with Crippen molar-refractivity contribution in [2.45, 2.75) is 32.6 Å². The minimum Gasteiger partial charge on any atom is -0.481 e. The van der Waals surface area contributed by atoms with E-state index in [0.717, 1.165) is 19.3 Å². The third-order valence-corrected chi connectivity index (χ3v) is 1.45. The number of unbranched alkanes of at least 4 members (excludes halogenated alkanes) is 2. The molecule has 0 aliphatic carbocycles. The topological polar surface area (TPSA) is 37.3 Å². The second-order valence-electron chi connectivity index (χ2n) is 2.59. The molecule has 0 unspecified atom stereocenters. The van der Waals surface area contributed by atoms with E-state index >= 15 is 0 Å². The van der Waals surface area contributed by atoms with E-state index in [0.29, 0.717) is 0 Å². The summed E-state index contributed by atoms with van der Waals surface area (Å²) in [6, 6.07) is 0. The highest BCUT2D eigenvalue weighted by atomic mass is 16.4. The summed E-state index contributed by atoms with van der Waals surface area (Å²) in [5.74, 6) is -0.701. The first-order valence-electron chi connectivity index (χ1n) is 4.27. The van der Waals surface area contributed by atoms with Crippen molar-refractivity contribution >= 4 is 5.97 Å². The Bertz CT molecular complexity index is 169. The maximum Gasteiger partial charge on any atom is 0.303 e. The molecule has 0 spiro atoms. The molecule has 0 radical (unpaired) electrons. The molecule has 2 heteroatoms. The van der Waals surface area contributed by atoms with Crippen LogP contribution < -0.4 is 0 Å². The van der Waals surface area contributed by atoms with Gasteiger partial charge in [-0.25, -0.2) is 0 Å². The lowest BCUT2D eigenvalue weighted by molar-refractivity contribution is -0.137. The molecule has 0 aromatic rings. The highest BCUT2D eigenvalue weighted by Crippen LogP contribution is 2.00. The maximum atomic E-state index is 10.1. The van der Waals surface area contributed by atoms with Gasteiger partial charge in [-0.1, -0.05) is 24.3 Å². The SMILES string of the molecule is C/C=C/C=C/CCCCC(=O)O. The number of allylic oxidation sites excluding steroid dienone is 4. The first-order chi connectivity index (χ1) is 5.77. The Balaban J connectivity index is 3.15. The molecule has 0 saturated carbocycles. The predicted molar refractivity (Wildman–Crippen MR) is 50.1 cm³/mol. The van der Waals surface area contributed by atoms with Crippen LogP contribution in [0.3, 0.4) is 0 Å². The van der Waals surface area contributed by atoms with Gasteiger partial charge in [-0.05, 0) is 26.2 Å². The summed E-state index contributed by atoms with van der Waals surface area (Å²) in [6.45, 7) is 1.97. The number of carbonyl (C=O) groups is 1. The normalized spacial score (nSPS) is 11.4. The van der Waals surface area contributed by atoms with Crippen LogP contribution >= 0.6 is 0 Å². The van der Waals surface area contributed by atoms with Gasteiger partial charge in [-0.15, -0.1) is 0 Å². The summed E-state index contributed by atoms with van der Waals surface area (Å²) >= 11 is 0. The molecule has 12 heavy (non-hydrogen) atoms. The molecule has 68 valence electrons. The van der Waals surface area contributed by atoms with Gasteiger partial charge in [-0.3, -0.25) is 4.79 Å². The van der Waals surface area contributed by atoms with Gasteiger partial charge < -0.3 is 5.11 Å². The number of carboxylic acids is 1. The fourth-order valence-corrected chi connectivity index (χ4v) is 0.824. The average molecular weight is 168 g/mol. The maximum absolute atomic E-state index is 10.1. The van der Waals surface area contributed by atoms with Crippen molar-refractivity contribution in [1.82, 2.24) is 0 Å². The molecule has 0 aliphatic rings. The fraction of sp³-hybridized carbons (Fsp3) is 0.500. The molecule has 0 aromatic carbocycles. The second kappa shape index (κ2) is 8.05. The van der Waals surface area contributed by atoms with Gasteiger partial charge >= 0.3 is 5.97 Å². The second-order valence-corrected chi connectivity index (χ2v) is 2.59. The molecule has 0 atom stereocenters. The third kappa shape index (κ3) is 8.95. The average Bonchev–Trinajstić information content (AvgIpc) is 2.02. The molecule has 0 heterocycles. The number of hydrogen-bond acceptors (Lipinski definition) is 1. The van der Waals surface area contributed by atoms with Crippen molar-refractivity contribution in [3.63, 3.8) is 0 Å². The van der Waals surface area contributed by atoms with Gasteiger partial charge in [0, 0.05) is 6.42 Å². The van der Waals surface area contributed by atoms with E-state index in [2.05, 4.69) is 6.08 Å². The first kappa shape index (κ1) is 11.0. The largest absolute Gasteiger partial charge is 0.481 e. The predicted octanol–water partition coefficient (Wildman–Crippen LogP) is 2.76. The van der Waals surface area contributed by atoms with E-state index in [1.165, 1.54) is 0 Å². The van der Waals surface area contributed by atoms with E-state index in [1.54, 1.807) is 0 Å². The molecular formula is C10H16O2. The summed E-state index contributed by atoms with van der Waals surface area (Å²) in [7, 11) is 0. The Hall–Kier alpha value is -1.05. The molecule has 2 nitrogen and oxygen atoms in total. The van der Waals surface area contributed by atoms with Gasteiger partial charge in [-0.2, -0.15) is 0 Å². The van der Waals surface area contributed by atoms with Gasteiger partial charge in [0.2, 0.25) is 0 Å². The van der Waals surface area contributed by atoms with Crippen LogP contribution in [0.5, 0.6) is 0 Å². The van der Waals surface area contributed by atoms with Crippen LogP contribution in [0.4, 0.5) is 0 Å². The molecule has 0 saturated heterocycles. The van der Waals surface area contributed by atoms with Gasteiger partial charge in [0.15, 0.2) is 0 Å². The van der Waals surface area contributed by atoms with Crippen LogP contribution in [0.25, 0.3) is 0 Å². The highest BCUT2D eigenvalue weighted by Gasteiger charge is 1.93. The zero-order valence-corrected chi connectivity index (χ0v) is 7.49. The molecular weight excluding hydrogens is 152 g/mol. The van der Waals surface area contributed by atoms with Crippen molar-refractivity contribution in [2.75, 3.05) is 0 Å². The molecule has 0 rings (SSSR count). The molecule has 0 aromatic heterocycles.